The Kier molecular flexibility index (Phi) is 3.54. The smallest absolute Gasteiger partial charge is 0.247 e. The Labute approximate surface area is 139 Å². The van der Waals surface area contributed by atoms with Gasteiger partial charge in [0.1, 0.15) is 25.0 Å². The molecule has 4 rings (SSSR count). The van der Waals surface area contributed by atoms with Crippen molar-refractivity contribution in [1.82, 2.24) is 0 Å². The summed E-state index contributed by atoms with van der Waals surface area (Å²) in [6, 6.07) is 12.3. The standard InChI is InChI=1S/C18H18N2O4/c1-22-13-4-2-3-11(9-13)17-16(19)18(21)20(17)12-5-6-14-15(10-12)24-8-7-23-14/h2-6,9-10,16-17H,7-8,19H2,1H3. The van der Waals surface area contributed by atoms with Crippen molar-refractivity contribution in [2.45, 2.75) is 12.1 Å². The summed E-state index contributed by atoms with van der Waals surface area (Å²) in [6.45, 7) is 1.04. The van der Waals surface area contributed by atoms with Crippen molar-refractivity contribution in [3.05, 3.63) is 48.0 Å². The highest BCUT2D eigenvalue weighted by Crippen LogP contribution is 2.42. The third kappa shape index (κ3) is 2.27. The molecule has 1 fully saturated rings. The molecule has 124 valence electrons. The zero-order chi connectivity index (χ0) is 16.7. The van der Waals surface area contributed by atoms with E-state index < -0.39 is 6.04 Å². The number of nitrogens with two attached hydrogens (primary N) is 1. The number of amides is 1. The fourth-order valence-corrected chi connectivity index (χ4v) is 3.16. The van der Waals surface area contributed by atoms with Crippen LogP contribution in [0.5, 0.6) is 17.2 Å². The number of carbonyl (C=O) groups is 1. The van der Waals surface area contributed by atoms with E-state index in [4.69, 9.17) is 19.9 Å². The normalized spacial score (nSPS) is 22.1. The second-order valence-corrected chi connectivity index (χ2v) is 5.78. The van der Waals surface area contributed by atoms with Gasteiger partial charge in [-0.2, -0.15) is 0 Å². The molecule has 2 aromatic carbocycles. The maximum atomic E-state index is 12.4. The van der Waals surface area contributed by atoms with E-state index in [9.17, 15) is 4.79 Å². The summed E-state index contributed by atoms with van der Waals surface area (Å²) in [5.41, 5.74) is 7.76. The lowest BCUT2D eigenvalue weighted by atomic mass is 9.88. The van der Waals surface area contributed by atoms with E-state index in [1.54, 1.807) is 12.0 Å². The molecule has 2 unspecified atom stereocenters. The first-order valence-corrected chi connectivity index (χ1v) is 7.81. The lowest BCUT2D eigenvalue weighted by Gasteiger charge is -2.45. The van der Waals surface area contributed by atoms with Crippen LogP contribution in [-0.4, -0.2) is 32.3 Å². The molecule has 2 aliphatic rings. The van der Waals surface area contributed by atoms with Crippen molar-refractivity contribution in [1.29, 1.82) is 0 Å². The van der Waals surface area contributed by atoms with E-state index in [1.807, 2.05) is 42.5 Å². The predicted molar refractivity (Wildman–Crippen MR) is 88.6 cm³/mol. The minimum Gasteiger partial charge on any atom is -0.497 e. The van der Waals surface area contributed by atoms with E-state index in [0.29, 0.717) is 24.7 Å². The molecular formula is C18H18N2O4. The van der Waals surface area contributed by atoms with Gasteiger partial charge in [-0.3, -0.25) is 4.79 Å². The maximum absolute atomic E-state index is 12.4. The molecule has 2 aliphatic heterocycles. The van der Waals surface area contributed by atoms with Crippen molar-refractivity contribution in [2.24, 2.45) is 5.73 Å². The zero-order valence-corrected chi connectivity index (χ0v) is 13.3. The first kappa shape index (κ1) is 14.8. The van der Waals surface area contributed by atoms with E-state index in [-0.39, 0.29) is 11.9 Å². The monoisotopic (exact) mass is 326 g/mol. The van der Waals surface area contributed by atoms with Gasteiger partial charge >= 0.3 is 0 Å². The number of β-lactam (4-membered cyclic amide) rings is 1. The number of nitrogens with zero attached hydrogens (tertiary/aromatic N) is 1. The molecule has 2 atom stereocenters. The van der Waals surface area contributed by atoms with Crippen LogP contribution in [-0.2, 0) is 4.79 Å². The number of anilines is 1. The highest BCUT2D eigenvalue weighted by atomic mass is 16.6. The Hall–Kier alpha value is -2.73. The van der Waals surface area contributed by atoms with Gasteiger partial charge in [0.2, 0.25) is 5.91 Å². The first-order chi connectivity index (χ1) is 11.7. The fraction of sp³-hybridized carbons (Fsp3) is 0.278. The Morgan fingerprint density at radius 1 is 1.12 bits per heavy atom. The Morgan fingerprint density at radius 2 is 1.92 bits per heavy atom. The highest BCUT2D eigenvalue weighted by Gasteiger charge is 2.47. The van der Waals surface area contributed by atoms with E-state index in [1.165, 1.54) is 0 Å². The zero-order valence-electron chi connectivity index (χ0n) is 13.3. The summed E-state index contributed by atoms with van der Waals surface area (Å²) in [5, 5.41) is 0. The van der Waals surface area contributed by atoms with Crippen LogP contribution in [0.2, 0.25) is 0 Å². The Balaban J connectivity index is 1.69. The van der Waals surface area contributed by atoms with Gasteiger partial charge in [-0.05, 0) is 29.8 Å². The van der Waals surface area contributed by atoms with Gasteiger partial charge in [0.25, 0.3) is 0 Å². The third-order valence-corrected chi connectivity index (χ3v) is 4.38. The molecule has 0 aliphatic carbocycles. The van der Waals surface area contributed by atoms with Crippen LogP contribution in [0, 0.1) is 0 Å². The highest BCUT2D eigenvalue weighted by molar-refractivity contribution is 6.05. The quantitative estimate of drug-likeness (QED) is 0.872. The molecule has 0 bridgehead atoms. The summed E-state index contributed by atoms with van der Waals surface area (Å²) in [5.74, 6) is 1.97. The van der Waals surface area contributed by atoms with E-state index in [2.05, 4.69) is 0 Å². The van der Waals surface area contributed by atoms with Gasteiger partial charge in [-0.15, -0.1) is 0 Å². The molecule has 24 heavy (non-hydrogen) atoms. The largest absolute Gasteiger partial charge is 0.497 e. The number of rotatable bonds is 3. The summed E-state index contributed by atoms with van der Waals surface area (Å²) < 4.78 is 16.4. The second kappa shape index (κ2) is 5.72. The van der Waals surface area contributed by atoms with Gasteiger partial charge in [-0.25, -0.2) is 0 Å². The number of benzene rings is 2. The Morgan fingerprint density at radius 3 is 2.71 bits per heavy atom. The number of ether oxygens (including phenoxy) is 3. The van der Waals surface area contributed by atoms with Gasteiger partial charge < -0.3 is 24.8 Å². The fourth-order valence-electron chi connectivity index (χ4n) is 3.16. The third-order valence-electron chi connectivity index (χ3n) is 4.38. The SMILES string of the molecule is COc1cccc(C2C(N)C(=O)N2c2ccc3c(c2)OCCO3)c1. The van der Waals surface area contributed by atoms with Crippen molar-refractivity contribution < 1.29 is 19.0 Å². The molecular weight excluding hydrogens is 308 g/mol. The molecule has 0 spiro atoms. The number of methoxy groups -OCH3 is 1. The van der Waals surface area contributed by atoms with Gasteiger partial charge in [0.05, 0.1) is 13.2 Å². The summed E-state index contributed by atoms with van der Waals surface area (Å²) >= 11 is 0. The summed E-state index contributed by atoms with van der Waals surface area (Å²) in [4.78, 5) is 14.1. The summed E-state index contributed by atoms with van der Waals surface area (Å²) in [7, 11) is 1.61. The average molecular weight is 326 g/mol. The second-order valence-electron chi connectivity index (χ2n) is 5.78. The van der Waals surface area contributed by atoms with Crippen molar-refractivity contribution in [3.8, 4) is 17.2 Å². The number of fused-ring (bicyclic) bond motifs is 1. The Bertz CT molecular complexity index is 792. The molecule has 2 aromatic rings. The average Bonchev–Trinajstić information content (AvgIpc) is 2.64. The lowest BCUT2D eigenvalue weighted by Crippen LogP contribution is -2.63. The van der Waals surface area contributed by atoms with E-state index >= 15 is 0 Å². The van der Waals surface area contributed by atoms with Crippen LogP contribution < -0.4 is 24.8 Å². The number of carbonyl (C=O) groups excluding carboxylic acids is 1. The maximum Gasteiger partial charge on any atom is 0.247 e. The van der Waals surface area contributed by atoms with Crippen molar-refractivity contribution in [3.63, 3.8) is 0 Å². The van der Waals surface area contributed by atoms with Crippen LogP contribution in [0.4, 0.5) is 5.69 Å². The molecule has 6 heteroatoms. The van der Waals surface area contributed by atoms with Crippen molar-refractivity contribution >= 4 is 11.6 Å². The van der Waals surface area contributed by atoms with E-state index in [0.717, 1.165) is 17.0 Å². The predicted octanol–water partition coefficient (Wildman–Crippen LogP) is 1.88. The molecule has 2 heterocycles. The van der Waals surface area contributed by atoms with Crippen LogP contribution in [0.1, 0.15) is 11.6 Å². The van der Waals surface area contributed by atoms with Crippen LogP contribution in [0.3, 0.4) is 0 Å². The van der Waals surface area contributed by atoms with Gasteiger partial charge in [-0.1, -0.05) is 12.1 Å². The topological polar surface area (TPSA) is 74.0 Å². The number of hydrogen-bond acceptors (Lipinski definition) is 5. The lowest BCUT2D eigenvalue weighted by molar-refractivity contribution is -0.126. The van der Waals surface area contributed by atoms with Gasteiger partial charge in [0, 0.05) is 11.8 Å². The van der Waals surface area contributed by atoms with Crippen molar-refractivity contribution in [2.75, 3.05) is 25.2 Å². The number of hydrogen-bond donors (Lipinski definition) is 1. The van der Waals surface area contributed by atoms with Crippen LogP contribution >= 0.6 is 0 Å². The minimum atomic E-state index is -0.565. The van der Waals surface area contributed by atoms with Crippen LogP contribution in [0.25, 0.3) is 0 Å². The first-order valence-electron chi connectivity index (χ1n) is 7.81. The molecule has 1 amide bonds. The van der Waals surface area contributed by atoms with Gasteiger partial charge in [0.15, 0.2) is 11.5 Å². The molecule has 0 radical (unpaired) electrons. The minimum absolute atomic E-state index is 0.112. The van der Waals surface area contributed by atoms with Crippen LogP contribution in [0.15, 0.2) is 42.5 Å². The molecule has 0 aromatic heterocycles. The summed E-state index contributed by atoms with van der Waals surface area (Å²) in [6.07, 6.45) is 0. The molecule has 6 nitrogen and oxygen atoms in total. The molecule has 2 N–H and O–H groups in total. The molecule has 0 saturated carbocycles. The molecule has 1 saturated heterocycles.